The number of hydrogen-bond donors (Lipinski definition) is 0. The Hall–Kier alpha value is -1.05. The summed E-state index contributed by atoms with van der Waals surface area (Å²) < 4.78 is 0. The van der Waals surface area contributed by atoms with E-state index in [4.69, 9.17) is 0 Å². The van der Waals surface area contributed by atoms with Crippen LogP contribution in [0.15, 0.2) is 23.8 Å². The van der Waals surface area contributed by atoms with Gasteiger partial charge in [-0.25, -0.2) is 0 Å². The van der Waals surface area contributed by atoms with Crippen molar-refractivity contribution < 1.29 is 4.79 Å². The first-order valence-electron chi connectivity index (χ1n) is 6.39. The maximum absolute atomic E-state index is 11.8. The minimum Gasteiger partial charge on any atom is -0.342 e. The van der Waals surface area contributed by atoms with Gasteiger partial charge in [0.1, 0.15) is 0 Å². The molecule has 1 aliphatic carbocycles. The quantitative estimate of drug-likeness (QED) is 0.668. The van der Waals surface area contributed by atoms with Gasteiger partial charge in [0.15, 0.2) is 0 Å². The first-order chi connectivity index (χ1) is 7.81. The fourth-order valence-corrected chi connectivity index (χ4v) is 2.47. The molecule has 1 amide bonds. The van der Waals surface area contributed by atoms with E-state index < -0.39 is 0 Å². The molecule has 0 radical (unpaired) electrons. The zero-order valence-electron chi connectivity index (χ0n) is 10.0. The number of allylic oxidation sites excluding steroid dienone is 2. The Morgan fingerprint density at radius 1 is 1.19 bits per heavy atom. The lowest BCUT2D eigenvalue weighted by molar-refractivity contribution is -0.131. The summed E-state index contributed by atoms with van der Waals surface area (Å²) in [6.45, 7) is 5.53. The van der Waals surface area contributed by atoms with E-state index in [0.29, 0.717) is 12.3 Å². The molecule has 0 spiro atoms. The maximum Gasteiger partial charge on any atom is 0.222 e. The predicted octanol–water partition coefficient (Wildman–Crippen LogP) is 3.06. The third-order valence-electron chi connectivity index (χ3n) is 3.74. The van der Waals surface area contributed by atoms with E-state index in [1.54, 1.807) is 11.1 Å². The highest BCUT2D eigenvalue weighted by Gasteiger charge is 2.22. The summed E-state index contributed by atoms with van der Waals surface area (Å²) in [7, 11) is 0. The summed E-state index contributed by atoms with van der Waals surface area (Å²) in [6, 6.07) is 0. The molecule has 0 unspecified atom stereocenters. The Kier molecular flexibility index (Phi) is 3.81. The highest BCUT2D eigenvalue weighted by atomic mass is 16.2. The van der Waals surface area contributed by atoms with Crippen LogP contribution in [0.25, 0.3) is 0 Å². The molecule has 2 rings (SSSR count). The van der Waals surface area contributed by atoms with Gasteiger partial charge in [-0.05, 0) is 38.5 Å². The molecule has 1 saturated carbocycles. The predicted molar refractivity (Wildman–Crippen MR) is 66.1 cm³/mol. The highest BCUT2D eigenvalue weighted by Crippen LogP contribution is 2.33. The third-order valence-corrected chi connectivity index (χ3v) is 3.74. The number of hydrogen-bond acceptors (Lipinski definition) is 1. The van der Waals surface area contributed by atoms with E-state index in [0.717, 1.165) is 32.4 Å². The van der Waals surface area contributed by atoms with Crippen molar-refractivity contribution in [2.75, 3.05) is 13.1 Å². The number of amides is 1. The number of piperidine rings is 1. The molecular weight excluding hydrogens is 198 g/mol. The molecule has 0 atom stereocenters. The standard InChI is InChI=1S/C14H21NO/c1-2-3-7-14(16)15-10-8-13(9-11-15)12-5-4-6-12/h2H,1,3-11H2. The lowest BCUT2D eigenvalue weighted by Crippen LogP contribution is -2.36. The molecule has 0 aromatic rings. The van der Waals surface area contributed by atoms with E-state index in [9.17, 15) is 4.79 Å². The van der Waals surface area contributed by atoms with Gasteiger partial charge in [0.25, 0.3) is 0 Å². The van der Waals surface area contributed by atoms with Crippen molar-refractivity contribution in [1.82, 2.24) is 4.90 Å². The lowest BCUT2D eigenvalue weighted by atomic mass is 9.84. The van der Waals surface area contributed by atoms with Crippen LogP contribution >= 0.6 is 0 Å². The highest BCUT2D eigenvalue weighted by molar-refractivity contribution is 5.76. The minimum absolute atomic E-state index is 0.303. The molecule has 1 saturated heterocycles. The van der Waals surface area contributed by atoms with Crippen LogP contribution in [0, 0.1) is 0 Å². The number of likely N-dealkylation sites (tertiary alicyclic amines) is 1. The zero-order chi connectivity index (χ0) is 11.4. The van der Waals surface area contributed by atoms with Crippen LogP contribution in [0.3, 0.4) is 0 Å². The van der Waals surface area contributed by atoms with Gasteiger partial charge >= 0.3 is 0 Å². The Labute approximate surface area is 98.0 Å². The summed E-state index contributed by atoms with van der Waals surface area (Å²) in [5.41, 5.74) is 3.34. The van der Waals surface area contributed by atoms with Crippen molar-refractivity contribution in [3.63, 3.8) is 0 Å². The molecule has 2 heteroatoms. The molecule has 2 nitrogen and oxygen atoms in total. The van der Waals surface area contributed by atoms with Crippen LogP contribution in [0.5, 0.6) is 0 Å². The molecule has 2 fully saturated rings. The Morgan fingerprint density at radius 2 is 1.81 bits per heavy atom. The van der Waals surface area contributed by atoms with Gasteiger partial charge < -0.3 is 4.90 Å². The van der Waals surface area contributed by atoms with Crippen molar-refractivity contribution in [3.8, 4) is 0 Å². The van der Waals surface area contributed by atoms with Gasteiger partial charge in [-0.2, -0.15) is 0 Å². The molecule has 1 aliphatic heterocycles. The van der Waals surface area contributed by atoms with Crippen molar-refractivity contribution in [3.05, 3.63) is 23.8 Å². The van der Waals surface area contributed by atoms with E-state index in [-0.39, 0.29) is 0 Å². The zero-order valence-corrected chi connectivity index (χ0v) is 10.0. The Balaban J connectivity index is 1.80. The summed E-state index contributed by atoms with van der Waals surface area (Å²) in [6.07, 6.45) is 9.52. The van der Waals surface area contributed by atoms with Crippen LogP contribution < -0.4 is 0 Å². The second kappa shape index (κ2) is 5.33. The molecule has 0 N–H and O–H groups in total. The summed E-state index contributed by atoms with van der Waals surface area (Å²) in [5, 5.41) is 0. The summed E-state index contributed by atoms with van der Waals surface area (Å²) >= 11 is 0. The van der Waals surface area contributed by atoms with Crippen molar-refractivity contribution in [2.24, 2.45) is 0 Å². The lowest BCUT2D eigenvalue weighted by Gasteiger charge is -2.32. The van der Waals surface area contributed by atoms with Gasteiger partial charge in [0.2, 0.25) is 5.91 Å². The van der Waals surface area contributed by atoms with Crippen molar-refractivity contribution in [2.45, 2.75) is 44.9 Å². The van der Waals surface area contributed by atoms with Gasteiger partial charge in [-0.15, -0.1) is 6.58 Å². The van der Waals surface area contributed by atoms with Crippen LogP contribution in [-0.4, -0.2) is 23.9 Å². The SMILES string of the molecule is C=CCCC(=O)N1CCC(=C2CCC2)CC1. The van der Waals surface area contributed by atoms with Gasteiger partial charge in [0.05, 0.1) is 0 Å². The van der Waals surface area contributed by atoms with Crippen molar-refractivity contribution >= 4 is 5.91 Å². The number of rotatable bonds is 3. The molecule has 0 aromatic heterocycles. The average molecular weight is 219 g/mol. The maximum atomic E-state index is 11.8. The molecular formula is C14H21NO. The topological polar surface area (TPSA) is 20.3 Å². The first kappa shape index (κ1) is 11.4. The summed E-state index contributed by atoms with van der Waals surface area (Å²) in [4.78, 5) is 13.8. The molecule has 16 heavy (non-hydrogen) atoms. The monoisotopic (exact) mass is 219 g/mol. The van der Waals surface area contributed by atoms with Crippen LogP contribution in [-0.2, 0) is 4.79 Å². The van der Waals surface area contributed by atoms with Gasteiger partial charge in [-0.3, -0.25) is 4.79 Å². The number of nitrogens with zero attached hydrogens (tertiary/aromatic N) is 1. The normalized spacial score (nSPS) is 20.6. The smallest absolute Gasteiger partial charge is 0.222 e. The van der Waals surface area contributed by atoms with Gasteiger partial charge in [-0.1, -0.05) is 17.2 Å². The minimum atomic E-state index is 0.303. The molecule has 0 aromatic carbocycles. The fraction of sp³-hybridized carbons (Fsp3) is 0.643. The molecule has 2 aliphatic rings. The Bertz CT molecular complexity index is 301. The van der Waals surface area contributed by atoms with Crippen molar-refractivity contribution in [1.29, 1.82) is 0 Å². The van der Waals surface area contributed by atoms with Crippen LogP contribution in [0.4, 0.5) is 0 Å². The van der Waals surface area contributed by atoms with E-state index >= 15 is 0 Å². The Morgan fingerprint density at radius 3 is 2.31 bits per heavy atom. The largest absolute Gasteiger partial charge is 0.342 e. The molecule has 88 valence electrons. The fourth-order valence-electron chi connectivity index (χ4n) is 2.47. The second-order valence-electron chi connectivity index (χ2n) is 4.77. The van der Waals surface area contributed by atoms with E-state index in [1.165, 1.54) is 19.3 Å². The number of carbonyl (C=O) groups excluding carboxylic acids is 1. The average Bonchev–Trinajstić information content (AvgIpc) is 2.24. The van der Waals surface area contributed by atoms with Crippen LogP contribution in [0.2, 0.25) is 0 Å². The van der Waals surface area contributed by atoms with E-state index in [2.05, 4.69) is 6.58 Å². The second-order valence-corrected chi connectivity index (χ2v) is 4.77. The summed E-state index contributed by atoms with van der Waals surface area (Å²) in [5.74, 6) is 0.303. The third kappa shape index (κ3) is 2.55. The van der Waals surface area contributed by atoms with Crippen LogP contribution in [0.1, 0.15) is 44.9 Å². The molecule has 0 bridgehead atoms. The first-order valence-corrected chi connectivity index (χ1v) is 6.39. The van der Waals surface area contributed by atoms with Gasteiger partial charge in [0, 0.05) is 19.5 Å². The molecule has 1 heterocycles. The van der Waals surface area contributed by atoms with E-state index in [1.807, 2.05) is 11.0 Å². The number of carbonyl (C=O) groups is 1.